The van der Waals surface area contributed by atoms with Crippen LogP contribution >= 0.6 is 23.4 Å². The van der Waals surface area contributed by atoms with Crippen molar-refractivity contribution in [2.24, 2.45) is 11.8 Å². The first-order valence-electron chi connectivity index (χ1n) is 11.0. The van der Waals surface area contributed by atoms with Gasteiger partial charge in [-0.1, -0.05) is 29.8 Å². The van der Waals surface area contributed by atoms with Gasteiger partial charge in [0.15, 0.2) is 0 Å². The van der Waals surface area contributed by atoms with E-state index in [1.54, 1.807) is 36.0 Å². The quantitative estimate of drug-likeness (QED) is 0.584. The molecule has 3 amide bonds. The minimum absolute atomic E-state index is 0.0234. The molecule has 2 aromatic rings. The number of halogens is 1. The van der Waals surface area contributed by atoms with Gasteiger partial charge >= 0.3 is 0 Å². The van der Waals surface area contributed by atoms with E-state index in [2.05, 4.69) is 10.6 Å². The van der Waals surface area contributed by atoms with Gasteiger partial charge in [-0.05, 0) is 49.2 Å². The molecule has 9 heteroatoms. The van der Waals surface area contributed by atoms with E-state index in [0.29, 0.717) is 22.8 Å². The second-order valence-corrected chi connectivity index (χ2v) is 10.7. The molecule has 2 unspecified atom stereocenters. The van der Waals surface area contributed by atoms with Crippen LogP contribution in [0.2, 0.25) is 5.02 Å². The lowest BCUT2D eigenvalue weighted by Gasteiger charge is -2.34. The summed E-state index contributed by atoms with van der Waals surface area (Å²) in [7, 11) is 0. The summed E-state index contributed by atoms with van der Waals surface area (Å²) in [6.07, 6.45) is 1.44. The molecule has 7 nitrogen and oxygen atoms in total. The number of likely N-dealkylation sites (tertiary alicyclic amines) is 1. The van der Waals surface area contributed by atoms with E-state index < -0.39 is 22.6 Å². The Bertz CT molecular complexity index is 1080. The summed E-state index contributed by atoms with van der Waals surface area (Å²) in [6, 6.07) is 15.2. The highest BCUT2D eigenvalue weighted by Crippen LogP contribution is 2.66. The zero-order valence-electron chi connectivity index (χ0n) is 17.7. The Morgan fingerprint density at radius 3 is 2.42 bits per heavy atom. The fourth-order valence-corrected chi connectivity index (χ4v) is 7.94. The molecular weight excluding hydrogens is 462 g/mol. The average Bonchev–Trinajstić information content (AvgIpc) is 3.44. The summed E-state index contributed by atoms with van der Waals surface area (Å²) in [5, 5.41) is 16.0. The van der Waals surface area contributed by atoms with Crippen LogP contribution in [0.3, 0.4) is 0 Å². The van der Waals surface area contributed by atoms with Crippen molar-refractivity contribution in [3.05, 3.63) is 59.6 Å². The molecule has 3 aliphatic heterocycles. The minimum atomic E-state index is -0.762. The van der Waals surface area contributed by atoms with Crippen molar-refractivity contribution in [1.82, 2.24) is 4.90 Å². The van der Waals surface area contributed by atoms with Crippen LogP contribution in [-0.2, 0) is 14.4 Å². The average molecular weight is 486 g/mol. The number of anilines is 2. The van der Waals surface area contributed by atoms with Gasteiger partial charge < -0.3 is 20.6 Å². The topological polar surface area (TPSA) is 98.7 Å². The number of amides is 3. The van der Waals surface area contributed by atoms with Gasteiger partial charge in [0.1, 0.15) is 6.04 Å². The van der Waals surface area contributed by atoms with Gasteiger partial charge in [0.2, 0.25) is 17.7 Å². The SMILES string of the molecule is O=C(Nc1ccc(Cl)cc1)C1N(CCO)C(=O)[C@@H]2[C@@H](C(=O)Nc3ccccc3)[C@H]3CCC12S3. The number of fused-ring (bicyclic) bond motifs is 1. The van der Waals surface area contributed by atoms with Crippen LogP contribution < -0.4 is 10.6 Å². The van der Waals surface area contributed by atoms with Crippen molar-refractivity contribution in [2.75, 3.05) is 23.8 Å². The molecule has 33 heavy (non-hydrogen) atoms. The van der Waals surface area contributed by atoms with Crippen LogP contribution in [0.1, 0.15) is 12.8 Å². The molecule has 2 aromatic carbocycles. The highest BCUT2D eigenvalue weighted by atomic mass is 35.5. The van der Waals surface area contributed by atoms with Gasteiger partial charge in [-0.3, -0.25) is 14.4 Å². The standard InChI is InChI=1S/C24H24ClN3O4S/c25-14-6-8-16(9-7-14)27-22(31)20-24-11-10-17(33-24)18(19(24)23(32)28(20)12-13-29)21(30)26-15-4-2-1-3-5-15/h1-9,17-20,29H,10-13H2,(H,26,30)(H,27,31)/t17-,18+,19+,20?,24?/m1/s1. The normalized spacial score (nSPS) is 29.8. The molecule has 0 aromatic heterocycles. The van der Waals surface area contributed by atoms with Crippen molar-refractivity contribution in [3.63, 3.8) is 0 Å². The maximum absolute atomic E-state index is 13.6. The molecule has 3 heterocycles. The Hall–Kier alpha value is -2.55. The molecule has 1 spiro atoms. The third kappa shape index (κ3) is 3.70. The number of hydrogen-bond acceptors (Lipinski definition) is 5. The second-order valence-electron chi connectivity index (χ2n) is 8.66. The highest BCUT2D eigenvalue weighted by molar-refractivity contribution is 8.02. The van der Waals surface area contributed by atoms with Crippen LogP contribution in [-0.4, -0.2) is 56.9 Å². The Balaban J connectivity index is 1.45. The summed E-state index contributed by atoms with van der Waals surface area (Å²) in [6.45, 7) is -0.206. The number of aliphatic hydroxyl groups excluding tert-OH is 1. The summed E-state index contributed by atoms with van der Waals surface area (Å²) >= 11 is 7.54. The first-order chi connectivity index (χ1) is 15.9. The monoisotopic (exact) mass is 485 g/mol. The first kappa shape index (κ1) is 22.3. The minimum Gasteiger partial charge on any atom is -0.395 e. The predicted octanol–water partition coefficient (Wildman–Crippen LogP) is 3.00. The van der Waals surface area contributed by atoms with Crippen LogP contribution in [0.25, 0.3) is 0 Å². The van der Waals surface area contributed by atoms with Gasteiger partial charge in [-0.25, -0.2) is 0 Å². The fraction of sp³-hybridized carbons (Fsp3) is 0.375. The third-order valence-electron chi connectivity index (χ3n) is 6.85. The zero-order chi connectivity index (χ0) is 23.2. The molecule has 0 saturated carbocycles. The molecule has 0 aliphatic carbocycles. The maximum atomic E-state index is 13.6. The van der Waals surface area contributed by atoms with Gasteiger partial charge in [0.05, 0.1) is 23.2 Å². The summed E-state index contributed by atoms with van der Waals surface area (Å²) in [5.74, 6) is -1.85. The van der Waals surface area contributed by atoms with Crippen LogP contribution in [0.5, 0.6) is 0 Å². The van der Waals surface area contributed by atoms with Crippen molar-refractivity contribution in [2.45, 2.75) is 28.9 Å². The van der Waals surface area contributed by atoms with E-state index in [4.69, 9.17) is 11.6 Å². The first-order valence-corrected chi connectivity index (χ1v) is 12.2. The molecule has 2 bridgehead atoms. The van der Waals surface area contributed by atoms with E-state index >= 15 is 0 Å². The number of carbonyl (C=O) groups excluding carboxylic acids is 3. The van der Waals surface area contributed by atoms with Crippen LogP contribution in [0.15, 0.2) is 54.6 Å². The van der Waals surface area contributed by atoms with E-state index in [-0.39, 0.29) is 36.1 Å². The van der Waals surface area contributed by atoms with Crippen molar-refractivity contribution in [1.29, 1.82) is 0 Å². The smallest absolute Gasteiger partial charge is 0.248 e. The number of carbonyl (C=O) groups is 3. The third-order valence-corrected chi connectivity index (χ3v) is 9.05. The number of thioether (sulfide) groups is 1. The number of nitrogens with zero attached hydrogens (tertiary/aromatic N) is 1. The summed E-state index contributed by atoms with van der Waals surface area (Å²) in [4.78, 5) is 41.8. The molecule has 172 valence electrons. The predicted molar refractivity (Wildman–Crippen MR) is 128 cm³/mol. The number of hydrogen-bond donors (Lipinski definition) is 3. The summed E-state index contributed by atoms with van der Waals surface area (Å²) in [5.41, 5.74) is 1.26. The lowest BCUT2D eigenvalue weighted by Crippen LogP contribution is -2.52. The second kappa shape index (κ2) is 8.66. The zero-order valence-corrected chi connectivity index (χ0v) is 19.3. The van der Waals surface area contributed by atoms with E-state index in [0.717, 1.165) is 6.42 Å². The Kier molecular flexibility index (Phi) is 5.84. The van der Waals surface area contributed by atoms with Gasteiger partial charge in [-0.15, -0.1) is 11.8 Å². The number of aliphatic hydroxyl groups is 1. The molecule has 5 rings (SSSR count). The number of benzene rings is 2. The van der Waals surface area contributed by atoms with Crippen molar-refractivity contribution < 1.29 is 19.5 Å². The lowest BCUT2D eigenvalue weighted by molar-refractivity contribution is -0.138. The highest BCUT2D eigenvalue weighted by Gasteiger charge is 2.73. The number of para-hydroxylation sites is 1. The molecule has 3 N–H and O–H groups in total. The van der Waals surface area contributed by atoms with Crippen LogP contribution in [0.4, 0.5) is 11.4 Å². The molecule has 3 fully saturated rings. The van der Waals surface area contributed by atoms with Crippen molar-refractivity contribution in [3.8, 4) is 0 Å². The van der Waals surface area contributed by atoms with Crippen molar-refractivity contribution >= 4 is 52.5 Å². The van der Waals surface area contributed by atoms with Gasteiger partial charge in [0, 0.05) is 28.2 Å². The number of rotatable bonds is 6. The molecule has 5 atom stereocenters. The molecule has 3 aliphatic rings. The Labute approximate surface area is 200 Å². The van der Waals surface area contributed by atoms with Crippen LogP contribution in [0, 0.1) is 11.8 Å². The fourth-order valence-electron chi connectivity index (χ4n) is 5.59. The maximum Gasteiger partial charge on any atom is 0.248 e. The van der Waals surface area contributed by atoms with E-state index in [1.807, 2.05) is 30.3 Å². The van der Waals surface area contributed by atoms with Gasteiger partial charge in [0.25, 0.3) is 0 Å². The number of β-amino-alcohol motifs (C(OH)–C–C–N with tert-alkyl or cyclic N) is 1. The van der Waals surface area contributed by atoms with E-state index in [1.165, 1.54) is 4.90 Å². The Morgan fingerprint density at radius 2 is 1.73 bits per heavy atom. The van der Waals surface area contributed by atoms with E-state index in [9.17, 15) is 19.5 Å². The summed E-state index contributed by atoms with van der Waals surface area (Å²) < 4.78 is -0.688. The Morgan fingerprint density at radius 1 is 1.06 bits per heavy atom. The number of nitrogens with one attached hydrogen (secondary N) is 2. The molecule has 0 radical (unpaired) electrons. The lowest BCUT2D eigenvalue weighted by atomic mass is 9.70. The van der Waals surface area contributed by atoms with Gasteiger partial charge in [-0.2, -0.15) is 0 Å². The largest absolute Gasteiger partial charge is 0.395 e. The molecule has 3 saturated heterocycles. The molecular formula is C24H24ClN3O4S.